The van der Waals surface area contributed by atoms with Crippen LogP contribution in [0.25, 0.3) is 22.9 Å². The van der Waals surface area contributed by atoms with E-state index in [0.717, 1.165) is 11.1 Å². The summed E-state index contributed by atoms with van der Waals surface area (Å²) in [6.07, 6.45) is 0. The van der Waals surface area contributed by atoms with Gasteiger partial charge in [0.05, 0.1) is 0 Å². The van der Waals surface area contributed by atoms with Crippen molar-refractivity contribution in [2.45, 2.75) is 0 Å². The molecule has 0 N–H and O–H groups in total. The van der Waals surface area contributed by atoms with Gasteiger partial charge in [0, 0.05) is 16.1 Å². The molecule has 5 nitrogen and oxygen atoms in total. The van der Waals surface area contributed by atoms with Crippen LogP contribution in [0.2, 0.25) is 5.02 Å². The Hall–Kier alpha value is -2.53. The Morgan fingerprint density at radius 3 is 2.43 bits per heavy atom. The molecule has 21 heavy (non-hydrogen) atoms. The third-order valence-electron chi connectivity index (χ3n) is 3.12. The third kappa shape index (κ3) is 2.21. The minimum atomic E-state index is 0.233. The Labute approximate surface area is 125 Å². The van der Waals surface area contributed by atoms with Crippen LogP contribution in [0.3, 0.4) is 0 Å². The number of halogens is 1. The number of hydrogen-bond acceptors (Lipinski definition) is 5. The second kappa shape index (κ2) is 4.79. The Balaban J connectivity index is 1.71. The number of hydrogen-bond donors (Lipinski definition) is 0. The Bertz CT molecular complexity index is 816. The molecule has 0 unspecified atom stereocenters. The molecule has 0 amide bonds. The molecule has 0 atom stereocenters. The predicted molar refractivity (Wildman–Crippen MR) is 76.3 cm³/mol. The van der Waals surface area contributed by atoms with Gasteiger partial charge in [-0.15, -0.1) is 10.2 Å². The molecule has 0 aliphatic carbocycles. The Morgan fingerprint density at radius 2 is 1.62 bits per heavy atom. The lowest BCUT2D eigenvalue weighted by atomic mass is 10.2. The Kier molecular flexibility index (Phi) is 2.79. The molecule has 0 spiro atoms. The van der Waals surface area contributed by atoms with E-state index in [0.29, 0.717) is 28.3 Å². The smallest absolute Gasteiger partial charge is 0.248 e. The van der Waals surface area contributed by atoms with Gasteiger partial charge in [-0.25, -0.2) is 0 Å². The van der Waals surface area contributed by atoms with Gasteiger partial charge >= 0.3 is 0 Å². The highest BCUT2D eigenvalue weighted by molar-refractivity contribution is 6.30. The molecule has 0 bridgehead atoms. The van der Waals surface area contributed by atoms with Gasteiger partial charge in [0.25, 0.3) is 0 Å². The molecule has 2 aromatic carbocycles. The van der Waals surface area contributed by atoms with Gasteiger partial charge in [-0.3, -0.25) is 0 Å². The van der Waals surface area contributed by atoms with Crippen LogP contribution in [0.1, 0.15) is 0 Å². The summed E-state index contributed by atoms with van der Waals surface area (Å²) in [6.45, 7) is 0.233. The molecule has 6 heteroatoms. The van der Waals surface area contributed by atoms with Crippen molar-refractivity contribution in [3.8, 4) is 34.4 Å². The summed E-state index contributed by atoms with van der Waals surface area (Å²) < 4.78 is 16.3. The van der Waals surface area contributed by atoms with E-state index < -0.39 is 0 Å². The van der Waals surface area contributed by atoms with Crippen molar-refractivity contribution in [3.05, 3.63) is 47.5 Å². The summed E-state index contributed by atoms with van der Waals surface area (Å²) in [5.74, 6) is 2.23. The van der Waals surface area contributed by atoms with Crippen LogP contribution in [0.5, 0.6) is 11.5 Å². The van der Waals surface area contributed by atoms with Crippen LogP contribution in [-0.2, 0) is 0 Å². The van der Waals surface area contributed by atoms with Crippen molar-refractivity contribution in [2.24, 2.45) is 0 Å². The van der Waals surface area contributed by atoms with Crippen molar-refractivity contribution in [2.75, 3.05) is 6.79 Å². The molecule has 0 radical (unpaired) electrons. The van der Waals surface area contributed by atoms with Crippen LogP contribution < -0.4 is 9.47 Å². The lowest BCUT2D eigenvalue weighted by Gasteiger charge is -1.98. The van der Waals surface area contributed by atoms with Gasteiger partial charge < -0.3 is 13.9 Å². The standard InChI is InChI=1S/C15H9ClN2O3/c16-11-3-1-2-9(6-11)14-17-18-15(21-14)10-4-5-12-13(7-10)20-8-19-12/h1-7H,8H2. The van der Waals surface area contributed by atoms with Gasteiger partial charge in [-0.2, -0.15) is 0 Å². The maximum absolute atomic E-state index is 5.96. The summed E-state index contributed by atoms with van der Waals surface area (Å²) in [5.41, 5.74) is 1.56. The number of aromatic nitrogens is 2. The SMILES string of the molecule is Clc1cccc(-c2nnc(-c3ccc4c(c3)OCO4)o2)c1. The zero-order chi connectivity index (χ0) is 14.2. The summed E-state index contributed by atoms with van der Waals surface area (Å²) in [5, 5.41) is 8.73. The molecule has 0 saturated heterocycles. The van der Waals surface area contributed by atoms with Gasteiger partial charge in [0.2, 0.25) is 18.6 Å². The van der Waals surface area contributed by atoms with E-state index in [1.54, 1.807) is 12.1 Å². The minimum Gasteiger partial charge on any atom is -0.454 e. The molecule has 0 saturated carbocycles. The lowest BCUT2D eigenvalue weighted by molar-refractivity contribution is 0.174. The van der Waals surface area contributed by atoms with Crippen molar-refractivity contribution in [1.29, 1.82) is 0 Å². The summed E-state index contributed by atoms with van der Waals surface area (Å²) in [4.78, 5) is 0. The zero-order valence-electron chi connectivity index (χ0n) is 10.7. The van der Waals surface area contributed by atoms with Crippen LogP contribution in [-0.4, -0.2) is 17.0 Å². The van der Waals surface area contributed by atoms with Crippen molar-refractivity contribution in [1.82, 2.24) is 10.2 Å². The largest absolute Gasteiger partial charge is 0.454 e. The number of nitrogens with zero attached hydrogens (tertiary/aromatic N) is 2. The van der Waals surface area contributed by atoms with Crippen LogP contribution in [0.4, 0.5) is 0 Å². The molecule has 4 rings (SSSR count). The van der Waals surface area contributed by atoms with E-state index >= 15 is 0 Å². The first kappa shape index (κ1) is 12.2. The molecule has 1 aliphatic heterocycles. The molecular weight excluding hydrogens is 292 g/mol. The predicted octanol–water partition coefficient (Wildman–Crippen LogP) is 3.79. The van der Waals surface area contributed by atoms with Crippen molar-refractivity contribution in [3.63, 3.8) is 0 Å². The molecule has 3 aromatic rings. The van der Waals surface area contributed by atoms with Crippen LogP contribution >= 0.6 is 11.6 Å². The first-order chi connectivity index (χ1) is 10.3. The minimum absolute atomic E-state index is 0.233. The van der Waals surface area contributed by atoms with Gasteiger partial charge in [-0.05, 0) is 36.4 Å². The topological polar surface area (TPSA) is 57.4 Å². The monoisotopic (exact) mass is 300 g/mol. The normalized spacial score (nSPS) is 12.6. The fraction of sp³-hybridized carbons (Fsp3) is 0.0667. The fourth-order valence-electron chi connectivity index (χ4n) is 2.11. The van der Waals surface area contributed by atoms with E-state index in [2.05, 4.69) is 10.2 Å². The van der Waals surface area contributed by atoms with Crippen LogP contribution in [0.15, 0.2) is 46.9 Å². The first-order valence-electron chi connectivity index (χ1n) is 6.29. The number of rotatable bonds is 2. The quantitative estimate of drug-likeness (QED) is 0.720. The number of benzene rings is 2. The molecule has 0 fully saturated rings. The van der Waals surface area contributed by atoms with E-state index in [4.69, 9.17) is 25.5 Å². The van der Waals surface area contributed by atoms with Gasteiger partial charge in [0.1, 0.15) is 0 Å². The maximum atomic E-state index is 5.96. The fourth-order valence-corrected chi connectivity index (χ4v) is 2.30. The number of fused-ring (bicyclic) bond motifs is 1. The molecule has 104 valence electrons. The second-order valence-electron chi connectivity index (χ2n) is 4.49. The van der Waals surface area contributed by atoms with Crippen LogP contribution in [0, 0.1) is 0 Å². The van der Waals surface area contributed by atoms with Crippen molar-refractivity contribution < 1.29 is 13.9 Å². The average molecular weight is 301 g/mol. The van der Waals surface area contributed by atoms with E-state index in [-0.39, 0.29) is 6.79 Å². The number of ether oxygens (including phenoxy) is 2. The highest BCUT2D eigenvalue weighted by atomic mass is 35.5. The molecular formula is C15H9ClN2O3. The highest BCUT2D eigenvalue weighted by Crippen LogP contribution is 2.36. The van der Waals surface area contributed by atoms with Gasteiger partial charge in [-0.1, -0.05) is 17.7 Å². The highest BCUT2D eigenvalue weighted by Gasteiger charge is 2.17. The average Bonchev–Trinajstić information content (AvgIpc) is 3.15. The summed E-state index contributed by atoms with van der Waals surface area (Å²) >= 11 is 5.96. The second-order valence-corrected chi connectivity index (χ2v) is 4.93. The van der Waals surface area contributed by atoms with Crippen molar-refractivity contribution >= 4 is 11.6 Å². The zero-order valence-corrected chi connectivity index (χ0v) is 11.5. The molecule has 1 aromatic heterocycles. The Morgan fingerprint density at radius 1 is 0.857 bits per heavy atom. The summed E-state index contributed by atoms with van der Waals surface area (Å²) in [6, 6.07) is 12.8. The molecule has 1 aliphatic rings. The molecule has 2 heterocycles. The lowest BCUT2D eigenvalue weighted by Crippen LogP contribution is -1.92. The first-order valence-corrected chi connectivity index (χ1v) is 6.67. The van der Waals surface area contributed by atoms with E-state index in [9.17, 15) is 0 Å². The van der Waals surface area contributed by atoms with E-state index in [1.807, 2.05) is 30.3 Å². The van der Waals surface area contributed by atoms with E-state index in [1.165, 1.54) is 0 Å². The third-order valence-corrected chi connectivity index (χ3v) is 3.35. The maximum Gasteiger partial charge on any atom is 0.248 e. The summed E-state index contributed by atoms with van der Waals surface area (Å²) in [7, 11) is 0. The van der Waals surface area contributed by atoms with Gasteiger partial charge in [0.15, 0.2) is 11.5 Å².